The van der Waals surface area contributed by atoms with Gasteiger partial charge < -0.3 is 15.4 Å². The Hall–Kier alpha value is -2.25. The molecule has 2 N–H and O–H groups in total. The monoisotopic (exact) mass is 369 g/mol. The van der Waals surface area contributed by atoms with Crippen LogP contribution in [-0.4, -0.2) is 40.9 Å². The number of nitrogens with one attached hydrogen (secondary N) is 2. The van der Waals surface area contributed by atoms with E-state index in [-0.39, 0.29) is 29.9 Å². The zero-order chi connectivity index (χ0) is 18.7. The highest BCUT2D eigenvalue weighted by atomic mass is 16.5. The van der Waals surface area contributed by atoms with E-state index in [1.807, 2.05) is 6.07 Å². The van der Waals surface area contributed by atoms with Crippen LogP contribution in [0.1, 0.15) is 36.5 Å². The highest BCUT2D eigenvalue weighted by Crippen LogP contribution is 2.48. The first-order valence-electron chi connectivity index (χ1n) is 9.66. The molecule has 3 fully saturated rings. The molecule has 0 saturated carbocycles. The van der Waals surface area contributed by atoms with Crippen molar-refractivity contribution in [3.63, 3.8) is 0 Å². The lowest BCUT2D eigenvalue weighted by Gasteiger charge is -2.24. The van der Waals surface area contributed by atoms with Crippen LogP contribution in [0, 0.1) is 11.8 Å². The predicted octanol–water partition coefficient (Wildman–Crippen LogP) is 0.457. The maximum absolute atomic E-state index is 12.8. The Kier molecular flexibility index (Phi) is 3.84. The highest BCUT2D eigenvalue weighted by molar-refractivity contribution is 6.09. The minimum absolute atomic E-state index is 0.156. The van der Waals surface area contributed by atoms with E-state index in [2.05, 4.69) is 22.8 Å². The van der Waals surface area contributed by atoms with Crippen molar-refractivity contribution in [3.05, 3.63) is 34.9 Å². The molecule has 3 amide bonds. The summed E-state index contributed by atoms with van der Waals surface area (Å²) in [6.07, 6.45) is 1.34. The SMILES string of the molecule is CC(C(=O)NCc1ccc2c(c1)CNC2)N1C(=O)C2C3CCC(O3)C2C1=O. The fraction of sp³-hybridized carbons (Fsp3) is 0.550. The number of benzene rings is 1. The Morgan fingerprint density at radius 3 is 2.56 bits per heavy atom. The van der Waals surface area contributed by atoms with Crippen LogP contribution in [-0.2, 0) is 38.8 Å². The molecule has 5 unspecified atom stereocenters. The molecule has 1 aromatic rings. The highest BCUT2D eigenvalue weighted by Gasteiger charge is 2.63. The lowest BCUT2D eigenvalue weighted by atomic mass is 9.81. The van der Waals surface area contributed by atoms with Crippen LogP contribution in [0.3, 0.4) is 0 Å². The molecule has 1 aromatic carbocycles. The second-order valence-electron chi connectivity index (χ2n) is 7.99. The van der Waals surface area contributed by atoms with Crippen molar-refractivity contribution in [1.29, 1.82) is 0 Å². The molecular weight excluding hydrogens is 346 g/mol. The molecule has 4 aliphatic heterocycles. The molecule has 27 heavy (non-hydrogen) atoms. The van der Waals surface area contributed by atoms with Gasteiger partial charge in [0.25, 0.3) is 0 Å². The first-order valence-corrected chi connectivity index (χ1v) is 9.66. The fourth-order valence-electron chi connectivity index (χ4n) is 5.03. The molecular formula is C20H23N3O4. The lowest BCUT2D eigenvalue weighted by Crippen LogP contribution is -2.49. The van der Waals surface area contributed by atoms with Crippen molar-refractivity contribution < 1.29 is 19.1 Å². The predicted molar refractivity (Wildman–Crippen MR) is 95.0 cm³/mol. The van der Waals surface area contributed by atoms with Crippen molar-refractivity contribution in [1.82, 2.24) is 15.5 Å². The summed E-state index contributed by atoms with van der Waals surface area (Å²) in [6.45, 7) is 3.74. The largest absolute Gasteiger partial charge is 0.373 e. The first-order chi connectivity index (χ1) is 13.0. The summed E-state index contributed by atoms with van der Waals surface area (Å²) in [6, 6.07) is 5.37. The van der Waals surface area contributed by atoms with E-state index < -0.39 is 17.9 Å². The second kappa shape index (κ2) is 6.14. The second-order valence-corrected chi connectivity index (χ2v) is 7.99. The van der Waals surface area contributed by atoms with Gasteiger partial charge in [0.15, 0.2) is 0 Å². The normalized spacial score (nSPS) is 32.0. The van der Waals surface area contributed by atoms with Gasteiger partial charge in [-0.2, -0.15) is 0 Å². The van der Waals surface area contributed by atoms with Gasteiger partial charge in [-0.15, -0.1) is 0 Å². The van der Waals surface area contributed by atoms with Gasteiger partial charge in [0.2, 0.25) is 17.7 Å². The molecule has 0 aliphatic carbocycles. The first kappa shape index (κ1) is 16.9. The van der Waals surface area contributed by atoms with Crippen LogP contribution >= 0.6 is 0 Å². The van der Waals surface area contributed by atoms with E-state index in [1.54, 1.807) is 6.92 Å². The molecule has 4 heterocycles. The van der Waals surface area contributed by atoms with Gasteiger partial charge in [-0.3, -0.25) is 19.3 Å². The van der Waals surface area contributed by atoms with Crippen LogP contribution in [0.5, 0.6) is 0 Å². The Labute approximate surface area is 157 Å². The third kappa shape index (κ3) is 2.52. The summed E-state index contributed by atoms with van der Waals surface area (Å²) in [5.41, 5.74) is 3.55. The van der Waals surface area contributed by atoms with Gasteiger partial charge in [-0.1, -0.05) is 18.2 Å². The molecule has 5 atom stereocenters. The molecule has 5 rings (SSSR count). The van der Waals surface area contributed by atoms with Gasteiger partial charge in [0.05, 0.1) is 24.0 Å². The Morgan fingerprint density at radius 1 is 1.19 bits per heavy atom. The zero-order valence-corrected chi connectivity index (χ0v) is 15.2. The van der Waals surface area contributed by atoms with Crippen LogP contribution in [0.2, 0.25) is 0 Å². The van der Waals surface area contributed by atoms with Crippen LogP contribution in [0.15, 0.2) is 18.2 Å². The number of likely N-dealkylation sites (tertiary alicyclic amines) is 1. The maximum atomic E-state index is 12.8. The molecule has 2 bridgehead atoms. The van der Waals surface area contributed by atoms with Crippen molar-refractivity contribution in [2.75, 3.05) is 0 Å². The lowest BCUT2D eigenvalue weighted by molar-refractivity contribution is -0.149. The molecule has 3 saturated heterocycles. The van der Waals surface area contributed by atoms with E-state index in [9.17, 15) is 14.4 Å². The number of fused-ring (bicyclic) bond motifs is 6. The topological polar surface area (TPSA) is 87.7 Å². The zero-order valence-electron chi connectivity index (χ0n) is 15.2. The van der Waals surface area contributed by atoms with Gasteiger partial charge in [0.1, 0.15) is 6.04 Å². The van der Waals surface area contributed by atoms with Crippen LogP contribution in [0.4, 0.5) is 0 Å². The number of hydrogen-bond acceptors (Lipinski definition) is 5. The molecule has 0 spiro atoms. The number of ether oxygens (including phenoxy) is 1. The van der Waals surface area contributed by atoms with Crippen molar-refractivity contribution in [2.24, 2.45) is 11.8 Å². The smallest absolute Gasteiger partial charge is 0.243 e. The third-order valence-corrected chi connectivity index (χ3v) is 6.45. The number of nitrogens with zero attached hydrogens (tertiary/aromatic N) is 1. The summed E-state index contributed by atoms with van der Waals surface area (Å²) < 4.78 is 5.74. The number of rotatable bonds is 4. The molecule has 0 radical (unpaired) electrons. The Morgan fingerprint density at radius 2 is 1.85 bits per heavy atom. The van der Waals surface area contributed by atoms with Crippen molar-refractivity contribution in [3.8, 4) is 0 Å². The Bertz CT molecular complexity index is 811. The average Bonchev–Trinajstić information content (AvgIpc) is 3.42. The van der Waals surface area contributed by atoms with E-state index >= 15 is 0 Å². The van der Waals surface area contributed by atoms with Gasteiger partial charge in [-0.05, 0) is 36.5 Å². The maximum Gasteiger partial charge on any atom is 0.243 e. The number of amides is 3. The third-order valence-electron chi connectivity index (χ3n) is 6.45. The summed E-state index contributed by atoms with van der Waals surface area (Å²) in [7, 11) is 0. The standard InChI is InChI=1S/C20H23N3O4/c1-10(18(24)22-7-11-2-3-12-8-21-9-13(12)6-11)23-19(25)16-14-4-5-15(27-14)17(16)20(23)26/h2-3,6,10,14-17,21H,4-5,7-9H2,1H3,(H,22,24). The number of hydrogen-bond donors (Lipinski definition) is 2. The van der Waals surface area contributed by atoms with Gasteiger partial charge >= 0.3 is 0 Å². The summed E-state index contributed by atoms with van der Waals surface area (Å²) in [4.78, 5) is 39.3. The summed E-state index contributed by atoms with van der Waals surface area (Å²) >= 11 is 0. The van der Waals surface area contributed by atoms with Crippen molar-refractivity contribution in [2.45, 2.75) is 57.6 Å². The average molecular weight is 369 g/mol. The number of carbonyl (C=O) groups excluding carboxylic acids is 3. The minimum atomic E-state index is -0.800. The minimum Gasteiger partial charge on any atom is -0.373 e. The van der Waals surface area contributed by atoms with E-state index in [0.717, 1.165) is 31.5 Å². The Balaban J connectivity index is 1.25. The van der Waals surface area contributed by atoms with Gasteiger partial charge in [-0.25, -0.2) is 0 Å². The van der Waals surface area contributed by atoms with Crippen LogP contribution < -0.4 is 10.6 Å². The molecule has 0 aromatic heterocycles. The number of carbonyl (C=O) groups is 3. The molecule has 7 heteroatoms. The molecule has 4 aliphatic rings. The van der Waals surface area contributed by atoms with Gasteiger partial charge in [0, 0.05) is 19.6 Å². The van der Waals surface area contributed by atoms with Crippen molar-refractivity contribution >= 4 is 17.7 Å². The van der Waals surface area contributed by atoms with E-state index in [1.165, 1.54) is 16.0 Å². The summed E-state index contributed by atoms with van der Waals surface area (Å²) in [5, 5.41) is 6.17. The van der Waals surface area contributed by atoms with E-state index in [0.29, 0.717) is 6.54 Å². The molecule has 7 nitrogen and oxygen atoms in total. The number of imide groups is 1. The van der Waals surface area contributed by atoms with E-state index in [4.69, 9.17) is 4.74 Å². The summed E-state index contributed by atoms with van der Waals surface area (Å²) in [5.74, 6) is -1.58. The van der Waals surface area contributed by atoms with Crippen LogP contribution in [0.25, 0.3) is 0 Å². The quantitative estimate of drug-likeness (QED) is 0.753. The fourth-order valence-corrected chi connectivity index (χ4v) is 5.03. The molecule has 142 valence electrons.